The van der Waals surface area contributed by atoms with Crippen molar-refractivity contribution in [2.45, 2.75) is 25.4 Å². The van der Waals surface area contributed by atoms with Gasteiger partial charge in [-0.15, -0.1) is 0 Å². The summed E-state index contributed by atoms with van der Waals surface area (Å²) in [5.74, 6) is -4.38. The predicted octanol–water partition coefficient (Wildman–Crippen LogP) is 1.51. The molecule has 0 unspecified atom stereocenters. The highest BCUT2D eigenvalue weighted by atomic mass is 19.1. The average molecular weight is 361 g/mol. The lowest BCUT2D eigenvalue weighted by Gasteiger charge is -2.26. The van der Waals surface area contributed by atoms with E-state index in [9.17, 15) is 23.2 Å². The van der Waals surface area contributed by atoms with Crippen LogP contribution in [-0.2, 0) is 0 Å². The zero-order valence-corrected chi connectivity index (χ0v) is 13.3. The number of hydrogen-bond donors (Lipinski definition) is 2. The van der Waals surface area contributed by atoms with Crippen molar-refractivity contribution in [2.24, 2.45) is 0 Å². The lowest BCUT2D eigenvalue weighted by atomic mass is 9.96. The first-order valence-corrected chi connectivity index (χ1v) is 7.94. The first kappa shape index (κ1) is 16.2. The van der Waals surface area contributed by atoms with Crippen LogP contribution in [0.5, 0.6) is 5.75 Å². The van der Waals surface area contributed by atoms with E-state index in [1.165, 1.54) is 0 Å². The highest BCUT2D eigenvalue weighted by molar-refractivity contribution is 6.23. The van der Waals surface area contributed by atoms with Crippen LogP contribution >= 0.6 is 0 Å². The summed E-state index contributed by atoms with van der Waals surface area (Å²) in [5.41, 5.74) is 4.47. The van der Waals surface area contributed by atoms with Crippen LogP contribution in [0, 0.1) is 11.6 Å². The lowest BCUT2D eigenvalue weighted by Crippen LogP contribution is -2.26. The third-order valence-corrected chi connectivity index (χ3v) is 4.53. The van der Waals surface area contributed by atoms with Gasteiger partial charge in [0.1, 0.15) is 5.82 Å². The number of nitrogens with one attached hydrogen (secondary N) is 1. The normalized spacial score (nSPS) is 16.2. The highest BCUT2D eigenvalue weighted by Crippen LogP contribution is 2.31. The Morgan fingerprint density at radius 3 is 2.31 bits per heavy atom. The SMILES string of the molecule is Nc1c2c(cc(=O)n1-c1cc(F)c(OC3CCC3)c(F)c1)C(=O)NC2=O. The Hall–Kier alpha value is -3.23. The summed E-state index contributed by atoms with van der Waals surface area (Å²) in [6.45, 7) is 0. The largest absolute Gasteiger partial charge is 0.484 e. The summed E-state index contributed by atoms with van der Waals surface area (Å²) in [7, 11) is 0. The Balaban J connectivity index is 1.84. The van der Waals surface area contributed by atoms with E-state index in [0.717, 1.165) is 42.0 Å². The summed E-state index contributed by atoms with van der Waals surface area (Å²) in [6.07, 6.45) is 2.16. The van der Waals surface area contributed by atoms with Gasteiger partial charge in [-0.3, -0.25) is 24.3 Å². The number of anilines is 1. The van der Waals surface area contributed by atoms with Gasteiger partial charge >= 0.3 is 0 Å². The fourth-order valence-corrected chi connectivity index (χ4v) is 2.99. The standard InChI is InChI=1S/C17H13F2N3O4/c18-10-4-7(5-11(19)14(10)26-8-2-1-3-8)22-12(23)6-9-13(15(22)20)17(25)21-16(9)24/h4-6,8H,1-3,20H2,(H,21,24,25). The molecule has 0 spiro atoms. The lowest BCUT2D eigenvalue weighted by molar-refractivity contribution is 0.0880. The molecule has 134 valence electrons. The van der Waals surface area contributed by atoms with Gasteiger partial charge in [0.05, 0.1) is 22.9 Å². The number of pyridine rings is 1. The van der Waals surface area contributed by atoms with Crippen molar-refractivity contribution in [3.63, 3.8) is 0 Å². The molecule has 2 heterocycles. The van der Waals surface area contributed by atoms with Crippen molar-refractivity contribution >= 4 is 17.6 Å². The van der Waals surface area contributed by atoms with E-state index in [-0.39, 0.29) is 28.7 Å². The van der Waals surface area contributed by atoms with E-state index in [0.29, 0.717) is 0 Å². The van der Waals surface area contributed by atoms with E-state index >= 15 is 0 Å². The molecule has 2 amide bonds. The molecule has 1 aliphatic heterocycles. The van der Waals surface area contributed by atoms with Gasteiger partial charge in [-0.25, -0.2) is 8.78 Å². The van der Waals surface area contributed by atoms with Gasteiger partial charge < -0.3 is 10.5 Å². The molecule has 0 atom stereocenters. The molecule has 0 saturated heterocycles. The predicted molar refractivity (Wildman–Crippen MR) is 86.4 cm³/mol. The summed E-state index contributed by atoms with van der Waals surface area (Å²) in [5, 5.41) is 2.02. The second-order valence-corrected chi connectivity index (χ2v) is 6.18. The second kappa shape index (κ2) is 5.65. The molecule has 2 aromatic rings. The monoisotopic (exact) mass is 361 g/mol. The molecule has 4 rings (SSSR count). The van der Waals surface area contributed by atoms with Gasteiger partial charge in [-0.1, -0.05) is 0 Å². The molecule has 2 aliphatic rings. The molecule has 7 nitrogen and oxygen atoms in total. The molecule has 1 aromatic carbocycles. The van der Waals surface area contributed by atoms with Crippen molar-refractivity contribution < 1.29 is 23.1 Å². The third-order valence-electron chi connectivity index (χ3n) is 4.53. The van der Waals surface area contributed by atoms with Crippen molar-refractivity contribution in [1.82, 2.24) is 9.88 Å². The van der Waals surface area contributed by atoms with Gasteiger partial charge in [0.15, 0.2) is 17.4 Å². The minimum absolute atomic E-state index is 0.167. The number of carbonyl (C=O) groups excluding carboxylic acids is 2. The maximum Gasteiger partial charge on any atom is 0.262 e. The van der Waals surface area contributed by atoms with Crippen LogP contribution in [0.2, 0.25) is 0 Å². The Kier molecular flexibility index (Phi) is 3.53. The number of fused-ring (bicyclic) bond motifs is 1. The smallest absolute Gasteiger partial charge is 0.262 e. The molecule has 0 bridgehead atoms. The van der Waals surface area contributed by atoms with E-state index in [1.54, 1.807) is 0 Å². The first-order valence-electron chi connectivity index (χ1n) is 7.94. The molecule has 9 heteroatoms. The number of rotatable bonds is 3. The average Bonchev–Trinajstić information content (AvgIpc) is 2.79. The van der Waals surface area contributed by atoms with Crippen LogP contribution in [0.3, 0.4) is 0 Å². The fraction of sp³-hybridized carbons (Fsp3) is 0.235. The number of imide groups is 1. The minimum atomic E-state index is -0.987. The zero-order chi connectivity index (χ0) is 18.6. The van der Waals surface area contributed by atoms with Crippen LogP contribution in [0.15, 0.2) is 23.0 Å². The molecule has 0 radical (unpaired) electrons. The number of halogens is 2. The molecular formula is C17H13F2N3O4. The topological polar surface area (TPSA) is 103 Å². The Bertz CT molecular complexity index is 1000. The molecule has 26 heavy (non-hydrogen) atoms. The maximum atomic E-state index is 14.3. The van der Waals surface area contributed by atoms with Crippen LogP contribution in [0.4, 0.5) is 14.6 Å². The van der Waals surface area contributed by atoms with Gasteiger partial charge in [0, 0.05) is 18.2 Å². The number of nitrogen functional groups attached to an aromatic ring is 1. The number of amides is 2. The molecule has 1 saturated carbocycles. The quantitative estimate of drug-likeness (QED) is 0.807. The van der Waals surface area contributed by atoms with Gasteiger partial charge in [0.25, 0.3) is 17.4 Å². The summed E-state index contributed by atoms with van der Waals surface area (Å²) in [6, 6.07) is 2.70. The van der Waals surface area contributed by atoms with E-state index in [2.05, 4.69) is 0 Å². The molecule has 1 aliphatic carbocycles. The second-order valence-electron chi connectivity index (χ2n) is 6.18. The summed E-state index contributed by atoms with van der Waals surface area (Å²) in [4.78, 5) is 35.8. The van der Waals surface area contributed by atoms with Crippen LogP contribution in [0.25, 0.3) is 5.69 Å². The Labute approximate surface area is 145 Å². The summed E-state index contributed by atoms with van der Waals surface area (Å²) >= 11 is 0. The number of aromatic nitrogens is 1. The number of hydrogen-bond acceptors (Lipinski definition) is 5. The van der Waals surface area contributed by atoms with Crippen LogP contribution in [-0.4, -0.2) is 22.5 Å². The Morgan fingerprint density at radius 2 is 1.73 bits per heavy atom. The fourth-order valence-electron chi connectivity index (χ4n) is 2.99. The minimum Gasteiger partial charge on any atom is -0.484 e. The maximum absolute atomic E-state index is 14.3. The Morgan fingerprint density at radius 1 is 1.08 bits per heavy atom. The van der Waals surface area contributed by atoms with Crippen molar-refractivity contribution in [3.05, 3.63) is 51.3 Å². The van der Waals surface area contributed by atoms with Crippen molar-refractivity contribution in [3.8, 4) is 11.4 Å². The molecule has 3 N–H and O–H groups in total. The van der Waals surface area contributed by atoms with Crippen LogP contribution < -0.4 is 21.3 Å². The van der Waals surface area contributed by atoms with Gasteiger partial charge in [-0.2, -0.15) is 0 Å². The summed E-state index contributed by atoms with van der Waals surface area (Å²) < 4.78 is 34.7. The van der Waals surface area contributed by atoms with Crippen molar-refractivity contribution in [1.29, 1.82) is 0 Å². The van der Waals surface area contributed by atoms with Gasteiger partial charge in [-0.05, 0) is 19.3 Å². The molecule has 1 aromatic heterocycles. The zero-order valence-electron chi connectivity index (χ0n) is 13.3. The van der Waals surface area contributed by atoms with E-state index in [1.807, 2.05) is 5.32 Å². The highest BCUT2D eigenvalue weighted by Gasteiger charge is 2.32. The number of benzene rings is 1. The van der Waals surface area contributed by atoms with Gasteiger partial charge in [0.2, 0.25) is 0 Å². The van der Waals surface area contributed by atoms with E-state index < -0.39 is 34.8 Å². The van der Waals surface area contributed by atoms with Crippen molar-refractivity contribution in [2.75, 3.05) is 5.73 Å². The number of carbonyl (C=O) groups is 2. The van der Waals surface area contributed by atoms with E-state index in [4.69, 9.17) is 10.5 Å². The molecular weight excluding hydrogens is 348 g/mol. The molecule has 1 fully saturated rings. The third kappa shape index (κ3) is 2.35. The van der Waals surface area contributed by atoms with Crippen LogP contribution in [0.1, 0.15) is 40.0 Å². The number of nitrogens with two attached hydrogens (primary N) is 1. The number of ether oxygens (including phenoxy) is 1. The number of nitrogens with zero attached hydrogens (tertiary/aromatic N) is 1. The first-order chi connectivity index (χ1) is 12.4.